The first-order chi connectivity index (χ1) is 8.96. The van der Waals surface area contributed by atoms with Crippen molar-refractivity contribution in [2.75, 3.05) is 40.9 Å². The number of carbonyl (C=O) groups excluding carboxylic acids is 1. The number of quaternary nitrogens is 1. The van der Waals surface area contributed by atoms with Crippen LogP contribution in [-0.2, 0) is 0 Å². The Kier molecular flexibility index (Phi) is 6.02. The lowest BCUT2D eigenvalue weighted by atomic mass is 10.1. The topological polar surface area (TPSA) is 35.5 Å². The first-order valence-electron chi connectivity index (χ1n) is 6.69. The molecule has 0 atom stereocenters. The van der Waals surface area contributed by atoms with E-state index in [0.717, 1.165) is 23.2 Å². The van der Waals surface area contributed by atoms with Crippen LogP contribution in [0.1, 0.15) is 23.2 Å². The van der Waals surface area contributed by atoms with Gasteiger partial charge in [0.1, 0.15) is 0 Å². The summed E-state index contributed by atoms with van der Waals surface area (Å²) >= 11 is 0. The number of ether oxygens (including phenoxy) is 2. The number of fused-ring (bicyclic) bond motifs is 1. The molecule has 2 rings (SSSR count). The maximum atomic E-state index is 12.2. The molecule has 0 unspecified atom stereocenters. The van der Waals surface area contributed by atoms with E-state index in [0.29, 0.717) is 30.9 Å². The van der Waals surface area contributed by atoms with Crippen molar-refractivity contribution in [3.8, 4) is 11.5 Å². The Morgan fingerprint density at radius 2 is 1.80 bits per heavy atom. The highest BCUT2D eigenvalue weighted by Crippen LogP contribution is 2.30. The molecule has 0 saturated carbocycles. The van der Waals surface area contributed by atoms with Gasteiger partial charge in [0.25, 0.3) is 0 Å². The molecule has 1 aromatic rings. The summed E-state index contributed by atoms with van der Waals surface area (Å²) in [6.45, 7) is 2.14. The summed E-state index contributed by atoms with van der Waals surface area (Å²) in [5.74, 6) is 1.58. The van der Waals surface area contributed by atoms with Gasteiger partial charge in [0.15, 0.2) is 17.3 Å². The summed E-state index contributed by atoms with van der Waals surface area (Å²) in [5, 5.41) is 0. The van der Waals surface area contributed by atoms with E-state index >= 15 is 0 Å². The van der Waals surface area contributed by atoms with Crippen LogP contribution in [0, 0.1) is 0 Å². The number of Topliss-reactive ketones (excluding diaryl/α,β-unsaturated/α-hetero) is 1. The zero-order valence-electron chi connectivity index (χ0n) is 12.3. The molecule has 0 aromatic heterocycles. The molecular formula is C15H22BrNO3. The minimum absolute atomic E-state index is 0. The third-order valence-corrected chi connectivity index (χ3v) is 3.08. The van der Waals surface area contributed by atoms with Gasteiger partial charge in [-0.1, -0.05) is 0 Å². The summed E-state index contributed by atoms with van der Waals surface area (Å²) in [4.78, 5) is 12.2. The second-order valence-electron chi connectivity index (χ2n) is 5.90. The minimum atomic E-state index is 0. The van der Waals surface area contributed by atoms with Gasteiger partial charge in [0, 0.05) is 12.0 Å². The molecule has 0 fully saturated rings. The van der Waals surface area contributed by atoms with Crippen molar-refractivity contribution in [2.45, 2.75) is 12.8 Å². The van der Waals surface area contributed by atoms with E-state index in [4.69, 9.17) is 9.47 Å². The molecular weight excluding hydrogens is 322 g/mol. The van der Waals surface area contributed by atoms with Gasteiger partial charge in [-0.2, -0.15) is 0 Å². The molecule has 1 aliphatic rings. The molecule has 0 bridgehead atoms. The number of nitrogens with zero attached hydrogens (tertiary/aromatic N) is 1. The van der Waals surface area contributed by atoms with Crippen LogP contribution in [0.3, 0.4) is 0 Å². The Morgan fingerprint density at radius 1 is 1.15 bits per heavy atom. The molecule has 1 aromatic carbocycles. The van der Waals surface area contributed by atoms with Crippen LogP contribution in [-0.4, -0.2) is 51.2 Å². The van der Waals surface area contributed by atoms with Crippen LogP contribution in [0.5, 0.6) is 11.5 Å². The molecule has 0 N–H and O–H groups in total. The Bertz CT molecular complexity index is 469. The Balaban J connectivity index is 0.00000200. The van der Waals surface area contributed by atoms with Gasteiger partial charge >= 0.3 is 0 Å². The lowest BCUT2D eigenvalue weighted by Gasteiger charge is -2.23. The minimum Gasteiger partial charge on any atom is -1.00 e. The van der Waals surface area contributed by atoms with Gasteiger partial charge in [-0.25, -0.2) is 0 Å². The van der Waals surface area contributed by atoms with E-state index in [9.17, 15) is 4.79 Å². The van der Waals surface area contributed by atoms with Crippen LogP contribution in [0.25, 0.3) is 0 Å². The van der Waals surface area contributed by atoms with E-state index in [1.165, 1.54) is 0 Å². The summed E-state index contributed by atoms with van der Waals surface area (Å²) < 4.78 is 11.9. The van der Waals surface area contributed by atoms with Crippen molar-refractivity contribution >= 4 is 5.78 Å². The van der Waals surface area contributed by atoms with Crippen molar-refractivity contribution in [2.24, 2.45) is 0 Å². The van der Waals surface area contributed by atoms with Gasteiger partial charge in [0.2, 0.25) is 0 Å². The van der Waals surface area contributed by atoms with E-state index in [1.807, 2.05) is 12.1 Å². The number of ketones is 1. The molecule has 0 aliphatic carbocycles. The molecule has 0 spiro atoms. The lowest BCUT2D eigenvalue weighted by molar-refractivity contribution is -0.869. The molecule has 20 heavy (non-hydrogen) atoms. The largest absolute Gasteiger partial charge is 1.00 e. The van der Waals surface area contributed by atoms with Crippen LogP contribution in [0.4, 0.5) is 0 Å². The van der Waals surface area contributed by atoms with Crippen molar-refractivity contribution in [3.05, 3.63) is 23.8 Å². The summed E-state index contributed by atoms with van der Waals surface area (Å²) in [6, 6.07) is 5.46. The third-order valence-electron chi connectivity index (χ3n) is 3.08. The number of rotatable bonds is 4. The zero-order valence-corrected chi connectivity index (χ0v) is 13.9. The molecule has 1 heterocycles. The molecule has 0 radical (unpaired) electrons. The first-order valence-corrected chi connectivity index (χ1v) is 6.69. The second-order valence-corrected chi connectivity index (χ2v) is 5.90. The molecule has 4 nitrogen and oxygen atoms in total. The Labute approximate surface area is 131 Å². The van der Waals surface area contributed by atoms with Crippen molar-refractivity contribution in [1.82, 2.24) is 0 Å². The SMILES string of the molecule is C[N+](C)(C)CCC(=O)c1ccc2c(c1)OCCCO2.[Br-]. The number of halogens is 1. The average molecular weight is 344 g/mol. The Hall–Kier alpha value is -1.07. The van der Waals surface area contributed by atoms with Crippen molar-refractivity contribution in [1.29, 1.82) is 0 Å². The third kappa shape index (κ3) is 4.80. The number of hydrogen-bond donors (Lipinski definition) is 0. The highest BCUT2D eigenvalue weighted by Gasteiger charge is 2.16. The molecule has 0 amide bonds. The van der Waals surface area contributed by atoms with Crippen molar-refractivity contribution in [3.63, 3.8) is 0 Å². The number of benzene rings is 1. The summed E-state index contributed by atoms with van der Waals surface area (Å²) in [5.41, 5.74) is 0.706. The fourth-order valence-electron chi connectivity index (χ4n) is 1.92. The second kappa shape index (κ2) is 7.09. The van der Waals surface area contributed by atoms with Crippen LogP contribution in [0.2, 0.25) is 0 Å². The van der Waals surface area contributed by atoms with Crippen LogP contribution >= 0.6 is 0 Å². The molecule has 0 saturated heterocycles. The fraction of sp³-hybridized carbons (Fsp3) is 0.533. The summed E-state index contributed by atoms with van der Waals surface area (Å²) in [6.07, 6.45) is 1.42. The standard InChI is InChI=1S/C15H22NO3.BrH/c1-16(2,3)8-7-13(17)12-5-6-14-15(11-12)19-10-4-9-18-14;/h5-6,11H,4,7-10H2,1-3H3;1H/q+1;/p-1. The first kappa shape index (κ1) is 17.0. The fourth-order valence-corrected chi connectivity index (χ4v) is 1.92. The average Bonchev–Trinajstić information content (AvgIpc) is 2.59. The predicted molar refractivity (Wildman–Crippen MR) is 73.9 cm³/mol. The van der Waals surface area contributed by atoms with E-state index in [1.54, 1.807) is 6.07 Å². The maximum absolute atomic E-state index is 12.2. The molecule has 1 aliphatic heterocycles. The Morgan fingerprint density at radius 3 is 2.45 bits per heavy atom. The van der Waals surface area contributed by atoms with Crippen LogP contribution < -0.4 is 26.5 Å². The van der Waals surface area contributed by atoms with Gasteiger partial charge in [0.05, 0.1) is 47.3 Å². The van der Waals surface area contributed by atoms with E-state index in [-0.39, 0.29) is 22.8 Å². The monoisotopic (exact) mass is 343 g/mol. The zero-order chi connectivity index (χ0) is 13.9. The van der Waals surface area contributed by atoms with Gasteiger partial charge in [-0.15, -0.1) is 0 Å². The number of carbonyl (C=O) groups is 1. The van der Waals surface area contributed by atoms with Gasteiger partial charge < -0.3 is 30.9 Å². The number of hydrogen-bond acceptors (Lipinski definition) is 3. The highest BCUT2D eigenvalue weighted by atomic mass is 79.9. The van der Waals surface area contributed by atoms with Crippen molar-refractivity contribution < 1.29 is 35.7 Å². The smallest absolute Gasteiger partial charge is 0.168 e. The van der Waals surface area contributed by atoms with Crippen LogP contribution in [0.15, 0.2) is 18.2 Å². The van der Waals surface area contributed by atoms with E-state index in [2.05, 4.69) is 21.1 Å². The maximum Gasteiger partial charge on any atom is 0.168 e. The molecule has 5 heteroatoms. The lowest BCUT2D eigenvalue weighted by Crippen LogP contribution is -3.00. The summed E-state index contributed by atoms with van der Waals surface area (Å²) in [7, 11) is 6.25. The highest BCUT2D eigenvalue weighted by molar-refractivity contribution is 5.96. The molecule has 112 valence electrons. The van der Waals surface area contributed by atoms with Gasteiger partial charge in [-0.05, 0) is 18.2 Å². The van der Waals surface area contributed by atoms with Gasteiger partial charge in [-0.3, -0.25) is 4.79 Å². The predicted octanol–water partition coefficient (Wildman–Crippen LogP) is -0.869. The normalized spacial score (nSPS) is 14.2. The van der Waals surface area contributed by atoms with E-state index < -0.39 is 0 Å². The quantitative estimate of drug-likeness (QED) is 0.526.